The van der Waals surface area contributed by atoms with Crippen molar-refractivity contribution in [2.45, 2.75) is 44.3 Å². The maximum atomic E-state index is 11.2. The first kappa shape index (κ1) is 14.4. The Hall–Kier alpha value is -0.650. The molecule has 17 heavy (non-hydrogen) atoms. The van der Waals surface area contributed by atoms with Crippen LogP contribution in [0.2, 0.25) is 0 Å². The minimum absolute atomic E-state index is 0.149. The van der Waals surface area contributed by atoms with Crippen molar-refractivity contribution in [3.05, 3.63) is 0 Å². The lowest BCUT2D eigenvalue weighted by Crippen LogP contribution is -2.46. The van der Waals surface area contributed by atoms with E-state index in [-0.39, 0.29) is 12.6 Å². The Labute approximate surface area is 102 Å². The van der Waals surface area contributed by atoms with Gasteiger partial charge in [0, 0.05) is 6.54 Å². The van der Waals surface area contributed by atoms with Crippen LogP contribution in [0.25, 0.3) is 0 Å². The lowest BCUT2D eigenvalue weighted by molar-refractivity contribution is -0.159. The fourth-order valence-corrected chi connectivity index (χ4v) is 2.16. The Morgan fingerprint density at radius 1 is 1.41 bits per heavy atom. The Morgan fingerprint density at radius 3 is 2.53 bits per heavy atom. The molecule has 0 aromatic carbocycles. The molecule has 1 atom stereocenters. The van der Waals surface area contributed by atoms with Gasteiger partial charge >= 0.3 is 5.97 Å². The maximum absolute atomic E-state index is 11.2. The summed E-state index contributed by atoms with van der Waals surface area (Å²) in [5, 5.41) is 22.2. The van der Waals surface area contributed by atoms with Crippen LogP contribution in [0.1, 0.15) is 32.6 Å². The molecule has 0 saturated heterocycles. The van der Waals surface area contributed by atoms with E-state index >= 15 is 0 Å². The molecular formula is C12H23NO4. The zero-order valence-corrected chi connectivity index (χ0v) is 10.6. The summed E-state index contributed by atoms with van der Waals surface area (Å²) in [6, 6.07) is 0. The minimum Gasteiger partial charge on any atom is -0.467 e. The minimum atomic E-state index is -1.47. The van der Waals surface area contributed by atoms with Gasteiger partial charge in [-0.1, -0.05) is 0 Å². The fourth-order valence-electron chi connectivity index (χ4n) is 2.16. The van der Waals surface area contributed by atoms with Crippen molar-refractivity contribution in [1.82, 2.24) is 5.32 Å². The number of esters is 1. The molecule has 1 aliphatic carbocycles. The van der Waals surface area contributed by atoms with Crippen molar-refractivity contribution in [1.29, 1.82) is 0 Å². The van der Waals surface area contributed by atoms with Gasteiger partial charge in [0.25, 0.3) is 0 Å². The molecule has 1 saturated carbocycles. The van der Waals surface area contributed by atoms with Gasteiger partial charge in [-0.3, -0.25) is 0 Å². The number of hydrogen-bond donors (Lipinski definition) is 3. The van der Waals surface area contributed by atoms with Crippen LogP contribution in [0.4, 0.5) is 0 Å². The van der Waals surface area contributed by atoms with Crippen molar-refractivity contribution in [3.8, 4) is 0 Å². The van der Waals surface area contributed by atoms with Gasteiger partial charge in [-0.05, 0) is 45.1 Å². The Bertz CT molecular complexity index is 247. The van der Waals surface area contributed by atoms with Gasteiger partial charge in [0.05, 0.1) is 13.2 Å². The van der Waals surface area contributed by atoms with Crippen LogP contribution < -0.4 is 5.32 Å². The molecule has 0 amide bonds. The summed E-state index contributed by atoms with van der Waals surface area (Å²) < 4.78 is 4.51. The SMILES string of the molecule is COC(=O)C(C)(O)CNCC1CCC(O)CC1. The highest BCUT2D eigenvalue weighted by Gasteiger charge is 2.31. The topological polar surface area (TPSA) is 78.8 Å². The summed E-state index contributed by atoms with van der Waals surface area (Å²) in [6.07, 6.45) is 3.53. The zero-order valence-electron chi connectivity index (χ0n) is 10.6. The number of aliphatic hydroxyl groups is 2. The average Bonchev–Trinajstić information content (AvgIpc) is 2.30. The van der Waals surface area contributed by atoms with Gasteiger partial charge in [-0.2, -0.15) is 0 Å². The predicted octanol–water partition coefficient (Wildman–Crippen LogP) is 0.0511. The number of carbonyl (C=O) groups is 1. The molecule has 5 heteroatoms. The van der Waals surface area contributed by atoms with Gasteiger partial charge in [-0.15, -0.1) is 0 Å². The summed E-state index contributed by atoms with van der Waals surface area (Å²) >= 11 is 0. The number of carbonyl (C=O) groups excluding carboxylic acids is 1. The van der Waals surface area contributed by atoms with E-state index in [0.29, 0.717) is 5.92 Å². The molecule has 0 aliphatic heterocycles. The predicted molar refractivity (Wildman–Crippen MR) is 63.5 cm³/mol. The lowest BCUT2D eigenvalue weighted by atomic mass is 9.87. The molecule has 0 bridgehead atoms. The maximum Gasteiger partial charge on any atom is 0.338 e. The lowest BCUT2D eigenvalue weighted by Gasteiger charge is -2.27. The molecule has 1 aliphatic rings. The van der Waals surface area contributed by atoms with E-state index in [1.807, 2.05) is 0 Å². The van der Waals surface area contributed by atoms with E-state index in [2.05, 4.69) is 10.1 Å². The molecule has 0 spiro atoms. The van der Waals surface area contributed by atoms with Gasteiger partial charge in [0.15, 0.2) is 5.60 Å². The number of nitrogens with one attached hydrogen (secondary N) is 1. The van der Waals surface area contributed by atoms with Gasteiger partial charge in [0.2, 0.25) is 0 Å². The third-order valence-corrected chi connectivity index (χ3v) is 3.34. The van der Waals surface area contributed by atoms with E-state index in [1.165, 1.54) is 14.0 Å². The Morgan fingerprint density at radius 2 is 2.00 bits per heavy atom. The second-order valence-electron chi connectivity index (χ2n) is 5.07. The quantitative estimate of drug-likeness (QED) is 0.597. The first-order valence-electron chi connectivity index (χ1n) is 6.15. The molecule has 0 aromatic heterocycles. The summed E-state index contributed by atoms with van der Waals surface area (Å²) in [4.78, 5) is 11.2. The van der Waals surface area contributed by atoms with E-state index in [4.69, 9.17) is 0 Å². The second-order valence-corrected chi connectivity index (χ2v) is 5.07. The Kier molecular flexibility index (Phi) is 5.36. The monoisotopic (exact) mass is 245 g/mol. The van der Waals surface area contributed by atoms with Crippen molar-refractivity contribution < 1.29 is 19.7 Å². The molecule has 0 heterocycles. The van der Waals surface area contributed by atoms with E-state index in [1.54, 1.807) is 0 Å². The molecule has 1 unspecified atom stereocenters. The van der Waals surface area contributed by atoms with Crippen molar-refractivity contribution >= 4 is 5.97 Å². The largest absolute Gasteiger partial charge is 0.467 e. The smallest absolute Gasteiger partial charge is 0.338 e. The summed E-state index contributed by atoms with van der Waals surface area (Å²) in [5.74, 6) is -0.101. The van der Waals surface area contributed by atoms with Gasteiger partial charge in [0.1, 0.15) is 0 Å². The molecule has 5 nitrogen and oxygen atoms in total. The highest BCUT2D eigenvalue weighted by Crippen LogP contribution is 2.23. The molecule has 100 valence electrons. The molecule has 1 rings (SSSR count). The zero-order chi connectivity index (χ0) is 12.9. The average molecular weight is 245 g/mol. The Balaban J connectivity index is 2.21. The summed E-state index contributed by atoms with van der Waals surface area (Å²) in [5.41, 5.74) is -1.47. The van der Waals surface area contributed by atoms with E-state index in [9.17, 15) is 15.0 Å². The molecule has 0 radical (unpaired) electrons. The van der Waals surface area contributed by atoms with E-state index in [0.717, 1.165) is 32.2 Å². The van der Waals surface area contributed by atoms with Crippen molar-refractivity contribution in [2.75, 3.05) is 20.2 Å². The molecule has 3 N–H and O–H groups in total. The third kappa shape index (κ3) is 4.61. The number of hydrogen-bond acceptors (Lipinski definition) is 5. The van der Waals surface area contributed by atoms with Gasteiger partial charge < -0.3 is 20.3 Å². The van der Waals surface area contributed by atoms with Crippen LogP contribution in [0.5, 0.6) is 0 Å². The van der Waals surface area contributed by atoms with Crippen LogP contribution in [-0.4, -0.2) is 48.1 Å². The first-order chi connectivity index (χ1) is 7.95. The number of rotatable bonds is 5. The van der Waals surface area contributed by atoms with E-state index < -0.39 is 11.6 Å². The molecular weight excluding hydrogens is 222 g/mol. The molecule has 0 aromatic rings. The highest BCUT2D eigenvalue weighted by atomic mass is 16.5. The second kappa shape index (κ2) is 6.33. The van der Waals surface area contributed by atoms with Crippen LogP contribution >= 0.6 is 0 Å². The van der Waals surface area contributed by atoms with Crippen LogP contribution in [0.15, 0.2) is 0 Å². The van der Waals surface area contributed by atoms with Gasteiger partial charge in [-0.25, -0.2) is 4.79 Å². The third-order valence-electron chi connectivity index (χ3n) is 3.34. The van der Waals surface area contributed by atoms with Crippen LogP contribution in [0, 0.1) is 5.92 Å². The fraction of sp³-hybridized carbons (Fsp3) is 0.917. The van der Waals surface area contributed by atoms with Crippen LogP contribution in [0.3, 0.4) is 0 Å². The number of aliphatic hydroxyl groups excluding tert-OH is 1. The first-order valence-corrected chi connectivity index (χ1v) is 6.15. The van der Waals surface area contributed by atoms with Crippen molar-refractivity contribution in [2.24, 2.45) is 5.92 Å². The normalized spacial score (nSPS) is 28.5. The number of ether oxygens (including phenoxy) is 1. The summed E-state index contributed by atoms with van der Waals surface area (Å²) in [6.45, 7) is 2.40. The summed E-state index contributed by atoms with van der Waals surface area (Å²) in [7, 11) is 1.26. The van der Waals surface area contributed by atoms with Crippen LogP contribution in [-0.2, 0) is 9.53 Å². The standard InChI is InChI=1S/C12H23NO4/c1-12(16,11(15)17-2)8-13-7-9-3-5-10(14)6-4-9/h9-10,13-14,16H,3-8H2,1-2H3. The highest BCUT2D eigenvalue weighted by molar-refractivity contribution is 5.78. The van der Waals surface area contributed by atoms with Crippen molar-refractivity contribution in [3.63, 3.8) is 0 Å². The molecule has 1 fully saturated rings. The number of methoxy groups -OCH3 is 1.